The Hall–Kier alpha value is -2.22. The molecule has 0 saturated carbocycles. The lowest BCUT2D eigenvalue weighted by Crippen LogP contribution is -2.13. The zero-order chi connectivity index (χ0) is 14.7. The summed E-state index contributed by atoms with van der Waals surface area (Å²) in [4.78, 5) is 11.2. The van der Waals surface area contributed by atoms with Crippen LogP contribution in [0.3, 0.4) is 0 Å². The van der Waals surface area contributed by atoms with Crippen molar-refractivity contribution in [2.75, 3.05) is 7.11 Å². The van der Waals surface area contributed by atoms with Crippen LogP contribution in [0.2, 0.25) is 0 Å². The summed E-state index contributed by atoms with van der Waals surface area (Å²) < 4.78 is 6.60. The van der Waals surface area contributed by atoms with E-state index in [4.69, 9.17) is 15.9 Å². The van der Waals surface area contributed by atoms with Crippen LogP contribution in [-0.4, -0.2) is 27.7 Å². The van der Waals surface area contributed by atoms with Crippen molar-refractivity contribution in [3.8, 4) is 5.75 Å². The molecule has 4 N–H and O–H groups in total. The second kappa shape index (κ2) is 5.83. The van der Waals surface area contributed by atoms with Crippen molar-refractivity contribution in [1.29, 1.82) is 5.41 Å². The lowest BCUT2D eigenvalue weighted by atomic mass is 10.1. The number of hydrogen-bond donors (Lipinski definition) is 3. The van der Waals surface area contributed by atoms with Gasteiger partial charge in [0.05, 0.1) is 12.7 Å². The van der Waals surface area contributed by atoms with Crippen LogP contribution in [0.15, 0.2) is 28.2 Å². The van der Waals surface area contributed by atoms with Gasteiger partial charge in [-0.15, -0.1) is 5.10 Å². The normalized spacial score (nSPS) is 10.5. The van der Waals surface area contributed by atoms with Gasteiger partial charge >= 0.3 is 5.69 Å². The second-order valence-electron chi connectivity index (χ2n) is 4.11. The molecule has 0 aliphatic carbocycles. The number of benzene rings is 1. The van der Waals surface area contributed by atoms with Gasteiger partial charge in [0.2, 0.25) is 0 Å². The maximum atomic E-state index is 11.2. The van der Waals surface area contributed by atoms with E-state index in [0.717, 1.165) is 5.56 Å². The monoisotopic (exact) mass is 293 g/mol. The molecule has 2 rings (SSSR count). The molecule has 0 saturated heterocycles. The summed E-state index contributed by atoms with van der Waals surface area (Å²) in [5.41, 5.74) is 6.81. The van der Waals surface area contributed by atoms with Crippen molar-refractivity contribution in [3.05, 3.63) is 39.8 Å². The van der Waals surface area contributed by atoms with Gasteiger partial charge in [-0.05, 0) is 17.7 Å². The number of H-pyrrole nitrogens is 1. The number of rotatable bonds is 5. The highest BCUT2D eigenvalue weighted by molar-refractivity contribution is 7.98. The molecular weight excluding hydrogens is 278 g/mol. The van der Waals surface area contributed by atoms with E-state index in [0.29, 0.717) is 22.2 Å². The molecule has 1 heterocycles. The van der Waals surface area contributed by atoms with Gasteiger partial charge in [-0.2, -0.15) is 0 Å². The maximum Gasteiger partial charge on any atom is 0.343 e. The van der Waals surface area contributed by atoms with Gasteiger partial charge in [-0.25, -0.2) is 9.89 Å². The van der Waals surface area contributed by atoms with Crippen molar-refractivity contribution in [2.24, 2.45) is 12.8 Å². The lowest BCUT2D eigenvalue weighted by molar-refractivity contribution is 0.413. The molecule has 0 bridgehead atoms. The molecule has 8 heteroatoms. The molecule has 1 aromatic heterocycles. The highest BCUT2D eigenvalue weighted by Gasteiger charge is 2.09. The lowest BCUT2D eigenvalue weighted by Gasteiger charge is -2.09. The summed E-state index contributed by atoms with van der Waals surface area (Å²) in [6.45, 7) is 0. The van der Waals surface area contributed by atoms with Crippen molar-refractivity contribution in [1.82, 2.24) is 14.8 Å². The molecule has 0 amide bonds. The largest absolute Gasteiger partial charge is 0.496 e. The molecule has 0 unspecified atom stereocenters. The predicted molar refractivity (Wildman–Crippen MR) is 77.4 cm³/mol. The van der Waals surface area contributed by atoms with Crippen molar-refractivity contribution in [2.45, 2.75) is 10.9 Å². The predicted octanol–water partition coefficient (Wildman–Crippen LogP) is 0.693. The summed E-state index contributed by atoms with van der Waals surface area (Å²) in [5, 5.41) is 14.4. The molecule has 1 aromatic carbocycles. The smallest absolute Gasteiger partial charge is 0.343 e. The molecule has 0 aliphatic heterocycles. The van der Waals surface area contributed by atoms with Gasteiger partial charge in [-0.1, -0.05) is 17.8 Å². The third kappa shape index (κ3) is 2.85. The Kier molecular flexibility index (Phi) is 4.14. The molecular formula is C12H15N5O2S. The van der Waals surface area contributed by atoms with Crippen LogP contribution in [0.1, 0.15) is 11.1 Å². The Morgan fingerprint density at radius 1 is 1.60 bits per heavy atom. The summed E-state index contributed by atoms with van der Waals surface area (Å²) in [6.07, 6.45) is 0. The summed E-state index contributed by atoms with van der Waals surface area (Å²) in [5.74, 6) is 1.14. The third-order valence-corrected chi connectivity index (χ3v) is 3.86. The standard InChI is InChI=1S/C12H15N5O2S/c1-17-11(18)15-16-12(17)20-6-7-3-4-9(19-2)8(5-7)10(13)14/h3-5H,6H2,1-2H3,(H3,13,14)(H,15,18). The van der Waals surface area contributed by atoms with Crippen LogP contribution in [0.5, 0.6) is 5.75 Å². The number of nitrogen functional groups attached to an aromatic ring is 1. The number of thioether (sulfide) groups is 1. The molecule has 0 aliphatic rings. The first-order valence-electron chi connectivity index (χ1n) is 5.78. The Morgan fingerprint density at radius 3 is 2.90 bits per heavy atom. The topological polar surface area (TPSA) is 110 Å². The van der Waals surface area contributed by atoms with Crippen LogP contribution >= 0.6 is 11.8 Å². The van der Waals surface area contributed by atoms with E-state index in [1.807, 2.05) is 6.07 Å². The molecule has 0 spiro atoms. The number of methoxy groups -OCH3 is 1. The van der Waals surface area contributed by atoms with Crippen LogP contribution in [-0.2, 0) is 12.8 Å². The minimum absolute atomic E-state index is 0.0409. The maximum absolute atomic E-state index is 11.2. The second-order valence-corrected chi connectivity index (χ2v) is 5.05. The van der Waals surface area contributed by atoms with Crippen molar-refractivity contribution < 1.29 is 4.74 Å². The Morgan fingerprint density at radius 2 is 2.35 bits per heavy atom. The van der Waals surface area contributed by atoms with Crippen LogP contribution < -0.4 is 16.2 Å². The highest BCUT2D eigenvalue weighted by atomic mass is 32.2. The summed E-state index contributed by atoms with van der Waals surface area (Å²) >= 11 is 1.42. The van der Waals surface area contributed by atoms with Gasteiger partial charge in [0.25, 0.3) is 0 Å². The Bertz CT molecular complexity index is 691. The number of aromatic amines is 1. The van der Waals surface area contributed by atoms with Crippen molar-refractivity contribution in [3.63, 3.8) is 0 Å². The average Bonchev–Trinajstić information content (AvgIpc) is 2.76. The highest BCUT2D eigenvalue weighted by Crippen LogP contribution is 2.24. The minimum Gasteiger partial charge on any atom is -0.496 e. The molecule has 0 fully saturated rings. The fourth-order valence-corrected chi connectivity index (χ4v) is 2.53. The first kappa shape index (κ1) is 14.2. The fourth-order valence-electron chi connectivity index (χ4n) is 1.66. The van der Waals surface area contributed by atoms with Gasteiger partial charge in [0, 0.05) is 12.8 Å². The number of nitrogens with one attached hydrogen (secondary N) is 2. The van der Waals surface area contributed by atoms with E-state index in [1.54, 1.807) is 19.2 Å². The molecule has 0 radical (unpaired) electrons. The first-order valence-corrected chi connectivity index (χ1v) is 6.77. The molecule has 106 valence electrons. The fraction of sp³-hybridized carbons (Fsp3) is 0.250. The van der Waals surface area contributed by atoms with Gasteiger partial charge in [0.15, 0.2) is 5.16 Å². The van der Waals surface area contributed by atoms with E-state index in [1.165, 1.54) is 23.4 Å². The minimum atomic E-state index is -0.244. The number of hydrogen-bond acceptors (Lipinski definition) is 5. The van der Waals surface area contributed by atoms with Crippen LogP contribution in [0.25, 0.3) is 0 Å². The van der Waals surface area contributed by atoms with Gasteiger partial charge in [-0.3, -0.25) is 9.98 Å². The van der Waals surface area contributed by atoms with Gasteiger partial charge in [0.1, 0.15) is 11.6 Å². The van der Waals surface area contributed by atoms with E-state index in [-0.39, 0.29) is 11.5 Å². The van der Waals surface area contributed by atoms with Crippen molar-refractivity contribution >= 4 is 17.6 Å². The van der Waals surface area contributed by atoms with Crippen LogP contribution in [0, 0.1) is 5.41 Å². The SMILES string of the molecule is COc1ccc(CSc2n[nH]c(=O)n2C)cc1C(=N)N. The Balaban J connectivity index is 2.18. The van der Waals surface area contributed by atoms with E-state index in [2.05, 4.69) is 10.2 Å². The van der Waals surface area contributed by atoms with Crippen LogP contribution in [0.4, 0.5) is 0 Å². The summed E-state index contributed by atoms with van der Waals surface area (Å²) in [7, 11) is 3.19. The van der Waals surface area contributed by atoms with E-state index >= 15 is 0 Å². The van der Waals surface area contributed by atoms with Gasteiger partial charge < -0.3 is 10.5 Å². The average molecular weight is 293 g/mol. The number of aromatic nitrogens is 3. The van der Waals surface area contributed by atoms with E-state index in [9.17, 15) is 4.79 Å². The number of ether oxygens (including phenoxy) is 1. The molecule has 20 heavy (non-hydrogen) atoms. The van der Waals surface area contributed by atoms with E-state index < -0.39 is 0 Å². The zero-order valence-corrected chi connectivity index (χ0v) is 12.0. The molecule has 2 aromatic rings. The Labute approximate surface area is 119 Å². The number of nitrogens with two attached hydrogens (primary N) is 1. The summed E-state index contributed by atoms with van der Waals surface area (Å²) in [6, 6.07) is 5.47. The first-order chi connectivity index (χ1) is 9.52. The molecule has 0 atom stereocenters. The molecule has 7 nitrogen and oxygen atoms in total. The number of amidine groups is 1. The number of nitrogens with zero attached hydrogens (tertiary/aromatic N) is 2. The third-order valence-electron chi connectivity index (χ3n) is 2.76. The quantitative estimate of drug-likeness (QED) is 0.427. The zero-order valence-electron chi connectivity index (χ0n) is 11.1.